The Labute approximate surface area is 106 Å². The van der Waals surface area contributed by atoms with Gasteiger partial charge in [-0.25, -0.2) is 5.84 Å². The summed E-state index contributed by atoms with van der Waals surface area (Å²) in [6.45, 7) is 3.03. The van der Waals surface area contributed by atoms with Crippen molar-refractivity contribution in [2.45, 2.75) is 18.9 Å². The summed E-state index contributed by atoms with van der Waals surface area (Å²) >= 11 is 0. The molecular formula is C10H19N7O. The van der Waals surface area contributed by atoms with Crippen molar-refractivity contribution in [2.24, 2.45) is 5.84 Å². The lowest BCUT2D eigenvalue weighted by molar-refractivity contribution is 0.0838. The Morgan fingerprint density at radius 3 is 2.61 bits per heavy atom. The van der Waals surface area contributed by atoms with Gasteiger partial charge in [-0.2, -0.15) is 15.0 Å². The largest absolute Gasteiger partial charge is 0.388 e. The molecule has 0 aliphatic carbocycles. The highest BCUT2D eigenvalue weighted by atomic mass is 16.3. The van der Waals surface area contributed by atoms with Crippen molar-refractivity contribution >= 4 is 17.8 Å². The van der Waals surface area contributed by atoms with E-state index in [9.17, 15) is 5.11 Å². The second-order valence-electron chi connectivity index (χ2n) is 4.97. The van der Waals surface area contributed by atoms with Gasteiger partial charge in [0.25, 0.3) is 0 Å². The SMILES string of the molecule is CN(C)c1nc(NN)nc(N2CCC(C)(O)C2)n1. The Kier molecular flexibility index (Phi) is 3.22. The molecule has 1 aromatic rings. The van der Waals surface area contributed by atoms with Crippen molar-refractivity contribution in [1.29, 1.82) is 0 Å². The number of rotatable bonds is 3. The first kappa shape index (κ1) is 12.8. The second kappa shape index (κ2) is 4.54. The highest BCUT2D eigenvalue weighted by molar-refractivity contribution is 5.45. The van der Waals surface area contributed by atoms with Gasteiger partial charge < -0.3 is 14.9 Å². The lowest BCUT2D eigenvalue weighted by atomic mass is 10.1. The Morgan fingerprint density at radius 1 is 1.39 bits per heavy atom. The molecule has 100 valence electrons. The summed E-state index contributed by atoms with van der Waals surface area (Å²) in [4.78, 5) is 16.4. The molecule has 1 saturated heterocycles. The van der Waals surface area contributed by atoms with Gasteiger partial charge in [-0.05, 0) is 13.3 Å². The van der Waals surface area contributed by atoms with Crippen molar-refractivity contribution in [1.82, 2.24) is 15.0 Å². The van der Waals surface area contributed by atoms with E-state index in [1.807, 2.05) is 25.9 Å². The van der Waals surface area contributed by atoms with E-state index in [-0.39, 0.29) is 0 Å². The summed E-state index contributed by atoms with van der Waals surface area (Å²) in [5.41, 5.74) is 1.74. The second-order valence-corrected chi connectivity index (χ2v) is 4.97. The van der Waals surface area contributed by atoms with Crippen LogP contribution in [-0.4, -0.2) is 52.8 Å². The lowest BCUT2D eigenvalue weighted by Gasteiger charge is -2.20. The average Bonchev–Trinajstić information content (AvgIpc) is 2.69. The third-order valence-corrected chi connectivity index (χ3v) is 2.88. The molecule has 1 aliphatic heterocycles. The standard InChI is InChI=1S/C10H19N7O/c1-10(18)4-5-17(6-10)9-13-7(15-11)12-8(14-9)16(2)3/h18H,4-6,11H2,1-3H3,(H,12,13,14,15). The predicted molar refractivity (Wildman–Crippen MR) is 69.4 cm³/mol. The van der Waals surface area contributed by atoms with Gasteiger partial charge in [-0.15, -0.1) is 0 Å². The van der Waals surface area contributed by atoms with Crippen molar-refractivity contribution in [3.05, 3.63) is 0 Å². The number of nitrogens with two attached hydrogens (primary N) is 1. The van der Waals surface area contributed by atoms with E-state index in [0.717, 1.165) is 0 Å². The number of anilines is 3. The van der Waals surface area contributed by atoms with Crippen LogP contribution in [0.4, 0.5) is 17.8 Å². The minimum absolute atomic E-state index is 0.315. The van der Waals surface area contributed by atoms with Crippen LogP contribution >= 0.6 is 0 Å². The topological polar surface area (TPSA) is 103 Å². The van der Waals surface area contributed by atoms with E-state index in [4.69, 9.17) is 5.84 Å². The molecule has 4 N–H and O–H groups in total. The molecule has 8 heteroatoms. The van der Waals surface area contributed by atoms with Gasteiger partial charge in [0.2, 0.25) is 17.8 Å². The average molecular weight is 253 g/mol. The molecule has 1 aromatic heterocycles. The normalized spacial score (nSPS) is 23.3. The number of aliphatic hydroxyl groups is 1. The summed E-state index contributed by atoms with van der Waals surface area (Å²) in [6, 6.07) is 0. The molecule has 0 amide bonds. The predicted octanol–water partition coefficient (Wildman–Crippen LogP) is -0.816. The van der Waals surface area contributed by atoms with Gasteiger partial charge >= 0.3 is 0 Å². The Balaban J connectivity index is 2.30. The number of hydrazine groups is 1. The summed E-state index contributed by atoms with van der Waals surface area (Å²) in [7, 11) is 3.69. The number of nitrogen functional groups attached to an aromatic ring is 1. The molecule has 0 bridgehead atoms. The number of hydrogen-bond donors (Lipinski definition) is 3. The zero-order valence-electron chi connectivity index (χ0n) is 10.9. The molecule has 0 aromatic carbocycles. The quantitative estimate of drug-likeness (QED) is 0.474. The van der Waals surface area contributed by atoms with Gasteiger partial charge in [0.05, 0.1) is 5.60 Å². The fourth-order valence-electron chi connectivity index (χ4n) is 1.88. The van der Waals surface area contributed by atoms with E-state index in [2.05, 4.69) is 20.4 Å². The fraction of sp³-hybridized carbons (Fsp3) is 0.700. The first-order valence-electron chi connectivity index (χ1n) is 5.79. The van der Waals surface area contributed by atoms with Gasteiger partial charge in [0.1, 0.15) is 0 Å². The van der Waals surface area contributed by atoms with Crippen LogP contribution in [0.1, 0.15) is 13.3 Å². The third-order valence-electron chi connectivity index (χ3n) is 2.88. The third kappa shape index (κ3) is 2.59. The maximum absolute atomic E-state index is 9.97. The zero-order valence-corrected chi connectivity index (χ0v) is 10.9. The van der Waals surface area contributed by atoms with Crippen LogP contribution in [0.2, 0.25) is 0 Å². The van der Waals surface area contributed by atoms with Gasteiger partial charge in [-0.3, -0.25) is 5.43 Å². The number of nitrogens with one attached hydrogen (secondary N) is 1. The molecule has 18 heavy (non-hydrogen) atoms. The minimum Gasteiger partial charge on any atom is -0.388 e. The molecular weight excluding hydrogens is 234 g/mol. The van der Waals surface area contributed by atoms with E-state index in [0.29, 0.717) is 37.4 Å². The zero-order chi connectivity index (χ0) is 13.3. The molecule has 2 heterocycles. The molecule has 1 fully saturated rings. The van der Waals surface area contributed by atoms with Crippen molar-refractivity contribution in [3.8, 4) is 0 Å². The molecule has 8 nitrogen and oxygen atoms in total. The van der Waals surface area contributed by atoms with Gasteiger partial charge in [0, 0.05) is 27.2 Å². The Morgan fingerprint density at radius 2 is 2.11 bits per heavy atom. The monoisotopic (exact) mass is 253 g/mol. The Bertz CT molecular complexity index is 434. The molecule has 1 atom stereocenters. The van der Waals surface area contributed by atoms with Crippen LogP contribution in [0.3, 0.4) is 0 Å². The highest BCUT2D eigenvalue weighted by Gasteiger charge is 2.33. The van der Waals surface area contributed by atoms with Crippen LogP contribution in [0, 0.1) is 0 Å². The number of nitrogens with zero attached hydrogens (tertiary/aromatic N) is 5. The molecule has 1 aliphatic rings. The van der Waals surface area contributed by atoms with Crippen LogP contribution in [0.15, 0.2) is 0 Å². The smallest absolute Gasteiger partial charge is 0.243 e. The van der Waals surface area contributed by atoms with Crippen LogP contribution < -0.4 is 21.1 Å². The van der Waals surface area contributed by atoms with E-state index < -0.39 is 5.60 Å². The van der Waals surface area contributed by atoms with Crippen LogP contribution in [0.25, 0.3) is 0 Å². The van der Waals surface area contributed by atoms with E-state index in [1.54, 1.807) is 4.90 Å². The molecule has 2 rings (SSSR count). The van der Waals surface area contributed by atoms with Crippen molar-refractivity contribution < 1.29 is 5.11 Å². The van der Waals surface area contributed by atoms with Crippen molar-refractivity contribution in [3.63, 3.8) is 0 Å². The van der Waals surface area contributed by atoms with Crippen LogP contribution in [0.5, 0.6) is 0 Å². The lowest BCUT2D eigenvalue weighted by Crippen LogP contribution is -2.31. The summed E-state index contributed by atoms with van der Waals surface area (Å²) in [5.74, 6) is 6.72. The molecule has 0 radical (unpaired) electrons. The van der Waals surface area contributed by atoms with Gasteiger partial charge in [0.15, 0.2) is 0 Å². The van der Waals surface area contributed by atoms with Gasteiger partial charge in [-0.1, -0.05) is 0 Å². The van der Waals surface area contributed by atoms with Crippen LogP contribution in [-0.2, 0) is 0 Å². The number of aromatic nitrogens is 3. The maximum Gasteiger partial charge on any atom is 0.243 e. The number of hydrogen-bond acceptors (Lipinski definition) is 8. The fourth-order valence-corrected chi connectivity index (χ4v) is 1.88. The summed E-state index contributed by atoms with van der Waals surface area (Å²) < 4.78 is 0. The first-order chi connectivity index (χ1) is 8.41. The van der Waals surface area contributed by atoms with E-state index >= 15 is 0 Å². The minimum atomic E-state index is -0.693. The Hall–Kier alpha value is -1.67. The highest BCUT2D eigenvalue weighted by Crippen LogP contribution is 2.25. The molecule has 1 unspecified atom stereocenters. The maximum atomic E-state index is 9.97. The van der Waals surface area contributed by atoms with E-state index in [1.165, 1.54) is 0 Å². The number of β-amino-alcohol motifs (C(OH)–C–C–N with tert-alkyl or cyclic N) is 1. The summed E-state index contributed by atoms with van der Waals surface area (Å²) in [6.07, 6.45) is 0.696. The van der Waals surface area contributed by atoms with Crippen molar-refractivity contribution in [2.75, 3.05) is 42.4 Å². The molecule has 0 spiro atoms. The first-order valence-corrected chi connectivity index (χ1v) is 5.79. The summed E-state index contributed by atoms with van der Waals surface area (Å²) in [5, 5.41) is 9.97. The molecule has 0 saturated carbocycles.